The highest BCUT2D eigenvalue weighted by atomic mass is 35.5. The summed E-state index contributed by atoms with van der Waals surface area (Å²) >= 11 is 18.5. The minimum atomic E-state index is 0.0524. The van der Waals surface area contributed by atoms with Crippen LogP contribution in [0.3, 0.4) is 0 Å². The van der Waals surface area contributed by atoms with Crippen molar-refractivity contribution in [3.63, 3.8) is 0 Å². The van der Waals surface area contributed by atoms with Crippen molar-refractivity contribution in [2.75, 3.05) is 19.0 Å². The standard InChI is InChI=1S/C14H14Cl3N/c1-18(2)11-5-3-4-9(6-11)12-7-10(15)8-13(16)14(12)17/h3-6,8,12H,7H2,1-2H3. The molecule has 1 aliphatic carbocycles. The van der Waals surface area contributed by atoms with Gasteiger partial charge in [0.2, 0.25) is 0 Å². The maximum atomic E-state index is 6.30. The van der Waals surface area contributed by atoms with E-state index in [1.165, 1.54) is 0 Å². The Morgan fingerprint density at radius 3 is 2.56 bits per heavy atom. The predicted molar refractivity (Wildman–Crippen MR) is 80.8 cm³/mol. The van der Waals surface area contributed by atoms with Gasteiger partial charge in [-0.05, 0) is 30.2 Å². The average molecular weight is 303 g/mol. The highest BCUT2D eigenvalue weighted by molar-refractivity contribution is 6.42. The van der Waals surface area contributed by atoms with Gasteiger partial charge < -0.3 is 4.90 Å². The summed E-state index contributed by atoms with van der Waals surface area (Å²) in [6.07, 6.45) is 2.42. The molecular weight excluding hydrogens is 289 g/mol. The van der Waals surface area contributed by atoms with Gasteiger partial charge in [0, 0.05) is 35.8 Å². The van der Waals surface area contributed by atoms with Gasteiger partial charge in [0.1, 0.15) is 0 Å². The summed E-state index contributed by atoms with van der Waals surface area (Å²) in [6, 6.07) is 8.25. The summed E-state index contributed by atoms with van der Waals surface area (Å²) in [5, 5.41) is 1.94. The third-order valence-electron chi connectivity index (χ3n) is 3.01. The number of benzene rings is 1. The topological polar surface area (TPSA) is 3.24 Å². The smallest absolute Gasteiger partial charge is 0.0569 e. The van der Waals surface area contributed by atoms with Crippen molar-refractivity contribution >= 4 is 40.5 Å². The first kappa shape index (κ1) is 13.8. The minimum absolute atomic E-state index is 0.0524. The molecule has 1 nitrogen and oxygen atoms in total. The molecule has 0 N–H and O–H groups in total. The van der Waals surface area contributed by atoms with E-state index >= 15 is 0 Å². The molecule has 4 heteroatoms. The molecule has 1 unspecified atom stereocenters. The molecule has 96 valence electrons. The molecule has 0 aliphatic heterocycles. The molecule has 0 spiro atoms. The normalized spacial score (nSPS) is 19.8. The molecule has 2 rings (SSSR count). The van der Waals surface area contributed by atoms with Gasteiger partial charge >= 0.3 is 0 Å². The fourth-order valence-electron chi connectivity index (χ4n) is 2.00. The van der Waals surface area contributed by atoms with Gasteiger partial charge in [-0.25, -0.2) is 0 Å². The molecule has 1 aliphatic rings. The van der Waals surface area contributed by atoms with Gasteiger partial charge in [0.05, 0.1) is 5.03 Å². The summed E-state index contributed by atoms with van der Waals surface area (Å²) in [4.78, 5) is 2.06. The lowest BCUT2D eigenvalue weighted by atomic mass is 9.91. The molecule has 0 saturated carbocycles. The zero-order valence-electron chi connectivity index (χ0n) is 10.3. The van der Waals surface area contributed by atoms with Crippen LogP contribution >= 0.6 is 34.8 Å². The van der Waals surface area contributed by atoms with E-state index in [2.05, 4.69) is 23.1 Å². The van der Waals surface area contributed by atoms with E-state index in [0.717, 1.165) is 16.3 Å². The van der Waals surface area contributed by atoms with Crippen molar-refractivity contribution in [2.45, 2.75) is 12.3 Å². The number of hydrogen-bond donors (Lipinski definition) is 0. The Hall–Kier alpha value is -0.630. The van der Waals surface area contributed by atoms with E-state index in [1.807, 2.05) is 20.2 Å². The fourth-order valence-corrected chi connectivity index (χ4v) is 2.84. The zero-order chi connectivity index (χ0) is 13.3. The van der Waals surface area contributed by atoms with Crippen LogP contribution in [0.4, 0.5) is 5.69 Å². The van der Waals surface area contributed by atoms with Gasteiger partial charge in [-0.3, -0.25) is 0 Å². The number of nitrogens with zero attached hydrogens (tertiary/aromatic N) is 1. The average Bonchev–Trinajstić information content (AvgIpc) is 2.34. The Bertz CT molecular complexity index is 518. The van der Waals surface area contributed by atoms with Gasteiger partial charge in [0.15, 0.2) is 0 Å². The Balaban J connectivity index is 2.38. The molecule has 0 aromatic heterocycles. The van der Waals surface area contributed by atoms with Gasteiger partial charge in [0.25, 0.3) is 0 Å². The van der Waals surface area contributed by atoms with Crippen molar-refractivity contribution in [3.8, 4) is 0 Å². The van der Waals surface area contributed by atoms with Crippen molar-refractivity contribution in [3.05, 3.63) is 51.0 Å². The van der Waals surface area contributed by atoms with Gasteiger partial charge in [-0.15, -0.1) is 0 Å². The molecule has 0 fully saturated rings. The monoisotopic (exact) mass is 301 g/mol. The van der Waals surface area contributed by atoms with Gasteiger partial charge in [-0.2, -0.15) is 0 Å². The molecule has 1 aromatic rings. The van der Waals surface area contributed by atoms with E-state index in [-0.39, 0.29) is 5.92 Å². The highest BCUT2D eigenvalue weighted by Crippen LogP contribution is 2.42. The zero-order valence-corrected chi connectivity index (χ0v) is 12.5. The number of allylic oxidation sites excluding steroid dienone is 4. The quantitative estimate of drug-likeness (QED) is 0.739. The van der Waals surface area contributed by atoms with Crippen LogP contribution in [-0.2, 0) is 0 Å². The van der Waals surface area contributed by atoms with E-state index < -0.39 is 0 Å². The summed E-state index contributed by atoms with van der Waals surface area (Å²) in [7, 11) is 4.02. The fraction of sp³-hybridized carbons (Fsp3) is 0.286. The SMILES string of the molecule is CN(C)c1cccc(C2CC(Cl)=CC(Cl)=C2Cl)c1. The second kappa shape index (κ2) is 5.56. The van der Waals surface area contributed by atoms with Crippen molar-refractivity contribution < 1.29 is 0 Å². The molecular formula is C14H14Cl3N. The largest absolute Gasteiger partial charge is 0.378 e. The first-order chi connectivity index (χ1) is 8.49. The van der Waals surface area contributed by atoms with Crippen molar-refractivity contribution in [1.29, 1.82) is 0 Å². The second-order valence-electron chi connectivity index (χ2n) is 4.53. The summed E-state index contributed by atoms with van der Waals surface area (Å²) < 4.78 is 0. The molecule has 0 radical (unpaired) electrons. The summed E-state index contributed by atoms with van der Waals surface area (Å²) in [5.41, 5.74) is 2.27. The number of anilines is 1. The lowest BCUT2D eigenvalue weighted by Crippen LogP contribution is -2.10. The third kappa shape index (κ3) is 2.85. The van der Waals surface area contributed by atoms with Gasteiger partial charge in [-0.1, -0.05) is 46.9 Å². The van der Waals surface area contributed by atoms with Crippen LogP contribution in [-0.4, -0.2) is 14.1 Å². The molecule has 1 atom stereocenters. The summed E-state index contributed by atoms with van der Waals surface area (Å²) in [6.45, 7) is 0. The Morgan fingerprint density at radius 2 is 1.89 bits per heavy atom. The lowest BCUT2D eigenvalue weighted by molar-refractivity contribution is 0.823. The first-order valence-corrected chi connectivity index (χ1v) is 6.81. The number of rotatable bonds is 2. The molecule has 0 amide bonds. The molecule has 0 bridgehead atoms. The molecule has 0 heterocycles. The number of halogens is 3. The van der Waals surface area contributed by atoms with Crippen LogP contribution in [0.15, 0.2) is 45.4 Å². The van der Waals surface area contributed by atoms with Crippen molar-refractivity contribution in [2.24, 2.45) is 0 Å². The molecule has 1 aromatic carbocycles. The number of hydrogen-bond acceptors (Lipinski definition) is 1. The van der Waals surface area contributed by atoms with E-state index in [1.54, 1.807) is 6.08 Å². The van der Waals surface area contributed by atoms with Crippen LogP contribution < -0.4 is 4.90 Å². The highest BCUT2D eigenvalue weighted by Gasteiger charge is 2.23. The summed E-state index contributed by atoms with van der Waals surface area (Å²) in [5.74, 6) is 0.0524. The van der Waals surface area contributed by atoms with Crippen molar-refractivity contribution in [1.82, 2.24) is 0 Å². The predicted octanol–water partition coefficient (Wildman–Crippen LogP) is 5.05. The van der Waals surface area contributed by atoms with E-state index in [0.29, 0.717) is 16.5 Å². The van der Waals surface area contributed by atoms with Crippen LogP contribution in [0.5, 0.6) is 0 Å². The first-order valence-electron chi connectivity index (χ1n) is 5.67. The molecule has 18 heavy (non-hydrogen) atoms. The Morgan fingerprint density at radius 1 is 1.17 bits per heavy atom. The third-order valence-corrected chi connectivity index (χ3v) is 4.15. The maximum absolute atomic E-state index is 6.30. The Kier molecular flexibility index (Phi) is 4.26. The lowest BCUT2D eigenvalue weighted by Gasteiger charge is -2.22. The second-order valence-corrected chi connectivity index (χ2v) is 5.83. The van der Waals surface area contributed by atoms with Crippen LogP contribution in [0, 0.1) is 0 Å². The van der Waals surface area contributed by atoms with Crippen LogP contribution in [0.1, 0.15) is 17.9 Å². The van der Waals surface area contributed by atoms with E-state index in [4.69, 9.17) is 34.8 Å². The molecule has 0 saturated heterocycles. The minimum Gasteiger partial charge on any atom is -0.378 e. The van der Waals surface area contributed by atoms with Crippen LogP contribution in [0.2, 0.25) is 0 Å². The van der Waals surface area contributed by atoms with E-state index in [9.17, 15) is 0 Å². The Labute approximate surface area is 123 Å². The maximum Gasteiger partial charge on any atom is 0.0569 e. The van der Waals surface area contributed by atoms with Crippen LogP contribution in [0.25, 0.3) is 0 Å².